The number of rotatable bonds is 5. The van der Waals surface area contributed by atoms with Gasteiger partial charge in [0.1, 0.15) is 5.82 Å². The number of anilines is 1. The molecule has 6 nitrogen and oxygen atoms in total. The largest absolute Gasteiger partial charge is 0.393 e. The molecule has 0 aromatic carbocycles. The summed E-state index contributed by atoms with van der Waals surface area (Å²) in [6.45, 7) is 6.70. The van der Waals surface area contributed by atoms with Gasteiger partial charge in [-0.25, -0.2) is 0 Å². The molecule has 1 atom stereocenters. The lowest BCUT2D eigenvalue weighted by Gasteiger charge is -2.38. The van der Waals surface area contributed by atoms with Gasteiger partial charge in [-0.15, -0.1) is 5.10 Å². The van der Waals surface area contributed by atoms with Crippen molar-refractivity contribution in [1.29, 1.82) is 0 Å². The van der Waals surface area contributed by atoms with E-state index in [0.29, 0.717) is 6.42 Å². The zero-order chi connectivity index (χ0) is 13.9. The highest BCUT2D eigenvalue weighted by Crippen LogP contribution is 2.30. The first-order chi connectivity index (χ1) is 9.02. The Bertz CT molecular complexity index is 395. The summed E-state index contributed by atoms with van der Waals surface area (Å²) in [4.78, 5) is 6.70. The van der Waals surface area contributed by atoms with Gasteiger partial charge in [0, 0.05) is 19.5 Å². The van der Waals surface area contributed by atoms with Crippen molar-refractivity contribution in [2.24, 2.45) is 11.1 Å². The molecule has 1 aliphatic rings. The first-order valence-corrected chi connectivity index (χ1v) is 7.07. The molecule has 1 unspecified atom stereocenters. The van der Waals surface area contributed by atoms with Crippen molar-refractivity contribution in [1.82, 2.24) is 15.2 Å². The average molecular weight is 267 g/mol. The molecule has 2 heterocycles. The zero-order valence-electron chi connectivity index (χ0n) is 11.9. The number of aromatic amines is 1. The molecule has 108 valence electrons. The molecule has 0 radical (unpaired) electrons. The molecular weight excluding hydrogens is 242 g/mol. The van der Waals surface area contributed by atoms with Gasteiger partial charge in [-0.3, -0.25) is 5.10 Å². The van der Waals surface area contributed by atoms with Crippen molar-refractivity contribution < 1.29 is 5.11 Å². The van der Waals surface area contributed by atoms with Crippen molar-refractivity contribution in [3.63, 3.8) is 0 Å². The fourth-order valence-corrected chi connectivity index (χ4v) is 2.33. The van der Waals surface area contributed by atoms with Crippen LogP contribution >= 0.6 is 0 Å². The zero-order valence-corrected chi connectivity index (χ0v) is 11.9. The van der Waals surface area contributed by atoms with Gasteiger partial charge in [0.05, 0.1) is 6.10 Å². The molecule has 1 aromatic heterocycles. The number of aliphatic hydroxyl groups is 1. The van der Waals surface area contributed by atoms with Gasteiger partial charge < -0.3 is 15.7 Å². The van der Waals surface area contributed by atoms with E-state index in [4.69, 9.17) is 5.73 Å². The predicted octanol–water partition coefficient (Wildman–Crippen LogP) is 0.683. The van der Waals surface area contributed by atoms with Crippen LogP contribution in [0.3, 0.4) is 0 Å². The van der Waals surface area contributed by atoms with Crippen molar-refractivity contribution in [3.8, 4) is 0 Å². The summed E-state index contributed by atoms with van der Waals surface area (Å²) >= 11 is 0. The summed E-state index contributed by atoms with van der Waals surface area (Å²) < 4.78 is 0. The summed E-state index contributed by atoms with van der Waals surface area (Å²) in [5, 5.41) is 16.5. The lowest BCUT2D eigenvalue weighted by atomic mass is 9.81. The molecular formula is C13H25N5O. The Morgan fingerprint density at radius 2 is 2.16 bits per heavy atom. The lowest BCUT2D eigenvalue weighted by molar-refractivity contribution is 0.184. The van der Waals surface area contributed by atoms with E-state index >= 15 is 0 Å². The van der Waals surface area contributed by atoms with Gasteiger partial charge in [-0.1, -0.05) is 6.92 Å². The number of nitrogens with one attached hydrogen (secondary N) is 1. The minimum Gasteiger partial charge on any atom is -0.393 e. The highest BCUT2D eigenvalue weighted by atomic mass is 16.3. The van der Waals surface area contributed by atoms with Crippen LogP contribution < -0.4 is 10.6 Å². The number of hydrogen-bond acceptors (Lipinski definition) is 5. The van der Waals surface area contributed by atoms with Gasteiger partial charge in [0.15, 0.2) is 0 Å². The molecule has 0 aliphatic carbocycles. The first kappa shape index (κ1) is 14.3. The molecule has 1 aliphatic heterocycles. The van der Waals surface area contributed by atoms with E-state index in [1.165, 1.54) is 0 Å². The van der Waals surface area contributed by atoms with E-state index < -0.39 is 0 Å². The van der Waals surface area contributed by atoms with Crippen molar-refractivity contribution in [3.05, 3.63) is 5.82 Å². The quantitative estimate of drug-likeness (QED) is 0.730. The second-order valence-corrected chi connectivity index (χ2v) is 5.97. The smallest absolute Gasteiger partial charge is 0.244 e. The number of nitrogens with two attached hydrogens (primary N) is 1. The second kappa shape index (κ2) is 5.88. The predicted molar refractivity (Wildman–Crippen MR) is 75.0 cm³/mol. The van der Waals surface area contributed by atoms with E-state index in [0.717, 1.165) is 50.7 Å². The minimum atomic E-state index is -0.297. The van der Waals surface area contributed by atoms with Crippen LogP contribution in [0.25, 0.3) is 0 Å². The van der Waals surface area contributed by atoms with Crippen molar-refractivity contribution >= 4 is 5.95 Å². The number of piperidine rings is 1. The fourth-order valence-electron chi connectivity index (χ4n) is 2.33. The Labute approximate surface area is 114 Å². The van der Waals surface area contributed by atoms with E-state index in [1.807, 2.05) is 0 Å². The molecule has 2 rings (SSSR count). The van der Waals surface area contributed by atoms with Crippen LogP contribution in [0.15, 0.2) is 0 Å². The average Bonchev–Trinajstić information content (AvgIpc) is 2.86. The van der Waals surface area contributed by atoms with Crippen LogP contribution in [-0.2, 0) is 6.42 Å². The van der Waals surface area contributed by atoms with Crippen molar-refractivity contribution in [2.75, 3.05) is 24.5 Å². The van der Waals surface area contributed by atoms with E-state index in [2.05, 4.69) is 27.0 Å². The van der Waals surface area contributed by atoms with Crippen LogP contribution in [0.1, 0.15) is 38.9 Å². The van der Waals surface area contributed by atoms with E-state index in [1.54, 1.807) is 6.92 Å². The van der Waals surface area contributed by atoms with E-state index in [-0.39, 0.29) is 11.5 Å². The maximum Gasteiger partial charge on any atom is 0.244 e. The number of hydrogen-bond donors (Lipinski definition) is 3. The molecule has 19 heavy (non-hydrogen) atoms. The molecule has 0 spiro atoms. The summed E-state index contributed by atoms with van der Waals surface area (Å²) in [6.07, 6.45) is 3.31. The maximum absolute atomic E-state index is 9.27. The number of aromatic nitrogens is 3. The standard InChI is InChI=1S/C13H25N5O/c1-10(19)3-4-11-15-12(17-16-11)18-7-5-13(2,9-14)6-8-18/h10,19H,3-9,14H2,1-2H3,(H,15,16,17). The highest BCUT2D eigenvalue weighted by Gasteiger charge is 2.29. The third-order valence-electron chi connectivity index (χ3n) is 4.07. The lowest BCUT2D eigenvalue weighted by Crippen LogP contribution is -2.42. The molecule has 0 saturated carbocycles. The summed E-state index contributed by atoms with van der Waals surface area (Å²) in [6, 6.07) is 0. The monoisotopic (exact) mass is 267 g/mol. The molecule has 1 aromatic rings. The van der Waals surface area contributed by atoms with Crippen LogP contribution in [0.4, 0.5) is 5.95 Å². The minimum absolute atomic E-state index is 0.266. The van der Waals surface area contributed by atoms with Gasteiger partial charge in [0.2, 0.25) is 5.95 Å². The topological polar surface area (TPSA) is 91.1 Å². The number of nitrogens with zero attached hydrogens (tertiary/aromatic N) is 3. The molecule has 1 saturated heterocycles. The summed E-state index contributed by atoms with van der Waals surface area (Å²) in [5.74, 6) is 1.63. The summed E-state index contributed by atoms with van der Waals surface area (Å²) in [7, 11) is 0. The maximum atomic E-state index is 9.27. The van der Waals surface area contributed by atoms with Crippen LogP contribution in [-0.4, -0.2) is 46.0 Å². The third-order valence-corrected chi connectivity index (χ3v) is 4.07. The Hall–Kier alpha value is -1.14. The Balaban J connectivity index is 1.89. The SMILES string of the molecule is CC(O)CCc1nc(N2CCC(C)(CN)CC2)n[nH]1. The van der Waals surface area contributed by atoms with Crippen LogP contribution in [0.5, 0.6) is 0 Å². The van der Waals surface area contributed by atoms with Crippen molar-refractivity contribution in [2.45, 2.75) is 45.6 Å². The number of aryl methyl sites for hydroxylation is 1. The Morgan fingerprint density at radius 1 is 1.47 bits per heavy atom. The molecule has 0 amide bonds. The molecule has 1 fully saturated rings. The third kappa shape index (κ3) is 3.67. The van der Waals surface area contributed by atoms with Crippen LogP contribution in [0.2, 0.25) is 0 Å². The Kier molecular flexibility index (Phi) is 4.42. The number of aliphatic hydroxyl groups excluding tert-OH is 1. The normalized spacial score (nSPS) is 20.5. The van der Waals surface area contributed by atoms with Gasteiger partial charge in [-0.05, 0) is 38.1 Å². The Morgan fingerprint density at radius 3 is 2.74 bits per heavy atom. The van der Waals surface area contributed by atoms with Gasteiger partial charge in [-0.2, -0.15) is 4.98 Å². The first-order valence-electron chi connectivity index (χ1n) is 7.07. The van der Waals surface area contributed by atoms with E-state index in [9.17, 15) is 5.11 Å². The summed E-state index contributed by atoms with van der Waals surface area (Å²) in [5.41, 5.74) is 6.08. The second-order valence-electron chi connectivity index (χ2n) is 5.97. The molecule has 4 N–H and O–H groups in total. The van der Waals surface area contributed by atoms with Crippen LogP contribution in [0, 0.1) is 5.41 Å². The van der Waals surface area contributed by atoms with Gasteiger partial charge in [0.25, 0.3) is 0 Å². The fraction of sp³-hybridized carbons (Fsp3) is 0.846. The number of H-pyrrole nitrogens is 1. The highest BCUT2D eigenvalue weighted by molar-refractivity contribution is 5.29. The van der Waals surface area contributed by atoms with Gasteiger partial charge >= 0.3 is 0 Å². The molecule has 0 bridgehead atoms. The molecule has 6 heteroatoms.